The second-order valence-electron chi connectivity index (χ2n) is 3.63. The van der Waals surface area contributed by atoms with E-state index in [1.54, 1.807) is 0 Å². The molecule has 10 heavy (non-hydrogen) atoms. The first-order chi connectivity index (χ1) is 4.75. The van der Waals surface area contributed by atoms with Gasteiger partial charge in [0.1, 0.15) is 0 Å². The fourth-order valence-corrected chi connectivity index (χ4v) is 1.58. The fourth-order valence-electron chi connectivity index (χ4n) is 1.58. The van der Waals surface area contributed by atoms with Gasteiger partial charge in [-0.25, -0.2) is 0 Å². The number of unbranched alkanes of at least 4 members (excludes halogenated alkanes) is 1. The largest absolute Gasteiger partial charge is 0.300 e. The Morgan fingerprint density at radius 1 is 1.60 bits per heavy atom. The normalized spacial score (nSPS) is 33.9. The van der Waals surface area contributed by atoms with Gasteiger partial charge in [0.15, 0.2) is 0 Å². The Morgan fingerprint density at radius 2 is 2.20 bits per heavy atom. The molecular formula is C9H19N. The summed E-state index contributed by atoms with van der Waals surface area (Å²) in [6, 6.07) is 0.923. The summed E-state index contributed by atoms with van der Waals surface area (Å²) < 4.78 is 0. The Morgan fingerprint density at radius 3 is 2.60 bits per heavy atom. The molecular weight excluding hydrogens is 122 g/mol. The van der Waals surface area contributed by atoms with Crippen LogP contribution in [-0.4, -0.2) is 24.5 Å². The van der Waals surface area contributed by atoms with E-state index < -0.39 is 0 Å². The van der Waals surface area contributed by atoms with Crippen LogP contribution >= 0.6 is 0 Å². The van der Waals surface area contributed by atoms with Gasteiger partial charge in [-0.15, -0.1) is 0 Å². The minimum Gasteiger partial charge on any atom is -0.300 e. The Labute approximate surface area is 64.4 Å². The topological polar surface area (TPSA) is 3.01 Å². The van der Waals surface area contributed by atoms with Gasteiger partial charge < -0.3 is 4.90 Å². The van der Waals surface area contributed by atoms with Crippen molar-refractivity contribution in [1.82, 2.24) is 4.90 Å². The molecule has 0 aliphatic carbocycles. The molecule has 0 saturated carbocycles. The summed E-state index contributed by atoms with van der Waals surface area (Å²) in [5.41, 5.74) is 0. The number of likely N-dealkylation sites (N-methyl/N-ethyl adjacent to an activating group) is 1. The molecule has 0 aromatic rings. The van der Waals surface area contributed by atoms with Crippen molar-refractivity contribution in [3.8, 4) is 0 Å². The molecule has 1 nitrogen and oxygen atoms in total. The van der Waals surface area contributed by atoms with Crippen LogP contribution in [0.3, 0.4) is 0 Å². The predicted octanol–water partition coefficient (Wildman–Crippen LogP) is 2.13. The second-order valence-corrected chi connectivity index (χ2v) is 3.63. The molecule has 0 radical (unpaired) electrons. The van der Waals surface area contributed by atoms with Crippen molar-refractivity contribution in [2.45, 2.75) is 39.2 Å². The quantitative estimate of drug-likeness (QED) is 0.542. The minimum absolute atomic E-state index is 0.923. The van der Waals surface area contributed by atoms with Crippen LogP contribution in [0.4, 0.5) is 0 Å². The zero-order chi connectivity index (χ0) is 7.56. The van der Waals surface area contributed by atoms with Crippen LogP contribution < -0.4 is 0 Å². The molecule has 60 valence electrons. The predicted molar refractivity (Wildman–Crippen MR) is 45.1 cm³/mol. The lowest BCUT2D eigenvalue weighted by molar-refractivity contribution is 0.435. The first kappa shape index (κ1) is 8.06. The van der Waals surface area contributed by atoms with Gasteiger partial charge in [-0.05, 0) is 19.4 Å². The van der Waals surface area contributed by atoms with E-state index in [0.717, 1.165) is 12.0 Å². The van der Waals surface area contributed by atoms with Gasteiger partial charge in [0, 0.05) is 12.6 Å². The van der Waals surface area contributed by atoms with Crippen LogP contribution in [0, 0.1) is 5.92 Å². The molecule has 1 heteroatoms. The maximum absolute atomic E-state index is 2.43. The van der Waals surface area contributed by atoms with Crippen molar-refractivity contribution in [1.29, 1.82) is 0 Å². The molecule has 0 amide bonds. The zero-order valence-corrected chi connectivity index (χ0v) is 7.43. The lowest BCUT2D eigenvalue weighted by Crippen LogP contribution is -2.07. The molecule has 1 aliphatic heterocycles. The summed E-state index contributed by atoms with van der Waals surface area (Å²) in [7, 11) is 2.22. The molecule has 1 rings (SSSR count). The van der Waals surface area contributed by atoms with E-state index in [4.69, 9.17) is 0 Å². The third kappa shape index (κ3) is 1.98. The summed E-state index contributed by atoms with van der Waals surface area (Å²) in [6.07, 6.45) is 4.18. The molecule has 3 atom stereocenters. The van der Waals surface area contributed by atoms with E-state index in [1.807, 2.05) is 0 Å². The van der Waals surface area contributed by atoms with Crippen LogP contribution in [0.1, 0.15) is 33.1 Å². The van der Waals surface area contributed by atoms with Gasteiger partial charge in [0.25, 0.3) is 0 Å². The maximum atomic E-state index is 2.43. The van der Waals surface area contributed by atoms with Crippen LogP contribution in [0.5, 0.6) is 0 Å². The van der Waals surface area contributed by atoms with Crippen molar-refractivity contribution in [2.75, 3.05) is 13.6 Å². The number of hydrogen-bond donors (Lipinski definition) is 0. The van der Waals surface area contributed by atoms with E-state index in [2.05, 4.69) is 25.8 Å². The smallest absolute Gasteiger partial charge is 0.0246 e. The number of rotatable bonds is 4. The molecule has 1 aliphatic rings. The minimum atomic E-state index is 0.923. The van der Waals surface area contributed by atoms with Crippen molar-refractivity contribution in [3.05, 3.63) is 0 Å². The first-order valence-electron chi connectivity index (χ1n) is 4.46. The monoisotopic (exact) mass is 141 g/mol. The van der Waals surface area contributed by atoms with Gasteiger partial charge in [-0.2, -0.15) is 0 Å². The Hall–Kier alpha value is -0.0400. The lowest BCUT2D eigenvalue weighted by atomic mass is 10.0. The first-order valence-corrected chi connectivity index (χ1v) is 4.46. The van der Waals surface area contributed by atoms with Crippen LogP contribution in [0.2, 0.25) is 0 Å². The summed E-state index contributed by atoms with van der Waals surface area (Å²) in [5.74, 6) is 0.935. The van der Waals surface area contributed by atoms with Crippen molar-refractivity contribution in [2.24, 2.45) is 5.92 Å². The maximum Gasteiger partial charge on any atom is 0.0246 e. The fraction of sp³-hybridized carbons (Fsp3) is 1.00. The molecule has 1 fully saturated rings. The third-order valence-corrected chi connectivity index (χ3v) is 2.58. The summed E-state index contributed by atoms with van der Waals surface area (Å²) in [4.78, 5) is 2.43. The van der Waals surface area contributed by atoms with Crippen molar-refractivity contribution in [3.63, 3.8) is 0 Å². The average Bonchev–Trinajstić information content (AvgIpc) is 2.62. The highest BCUT2D eigenvalue weighted by Crippen LogP contribution is 2.26. The van der Waals surface area contributed by atoms with E-state index in [9.17, 15) is 0 Å². The molecule has 0 aromatic heterocycles. The third-order valence-electron chi connectivity index (χ3n) is 2.58. The highest BCUT2D eigenvalue weighted by Gasteiger charge is 2.33. The summed E-state index contributed by atoms with van der Waals surface area (Å²) >= 11 is 0. The summed E-state index contributed by atoms with van der Waals surface area (Å²) in [5, 5.41) is 0. The standard InChI is InChI=1S/C9H19N/c1-4-5-6-8(2)9-7-10(9)3/h8-9H,4-7H2,1-3H3/t8-,9?,10?/m1/s1. The summed E-state index contributed by atoms with van der Waals surface area (Å²) in [6.45, 7) is 5.98. The molecule has 1 heterocycles. The van der Waals surface area contributed by atoms with E-state index in [-0.39, 0.29) is 0 Å². The van der Waals surface area contributed by atoms with Crippen LogP contribution in [0.25, 0.3) is 0 Å². The number of hydrogen-bond acceptors (Lipinski definition) is 1. The van der Waals surface area contributed by atoms with Gasteiger partial charge in [-0.1, -0.05) is 26.7 Å². The van der Waals surface area contributed by atoms with Gasteiger partial charge in [0.2, 0.25) is 0 Å². The molecule has 0 spiro atoms. The SMILES string of the molecule is CCCC[C@@H](C)C1CN1C. The van der Waals surface area contributed by atoms with E-state index in [0.29, 0.717) is 0 Å². The molecule has 0 aromatic carbocycles. The Kier molecular flexibility index (Phi) is 2.72. The molecule has 1 saturated heterocycles. The van der Waals surface area contributed by atoms with E-state index in [1.165, 1.54) is 25.8 Å². The Bertz CT molecular complexity index is 101. The van der Waals surface area contributed by atoms with Gasteiger partial charge in [-0.3, -0.25) is 0 Å². The van der Waals surface area contributed by atoms with Crippen LogP contribution in [-0.2, 0) is 0 Å². The van der Waals surface area contributed by atoms with E-state index >= 15 is 0 Å². The molecule has 0 N–H and O–H groups in total. The highest BCUT2D eigenvalue weighted by molar-refractivity contribution is 4.89. The molecule has 0 bridgehead atoms. The van der Waals surface area contributed by atoms with Crippen molar-refractivity contribution >= 4 is 0 Å². The lowest BCUT2D eigenvalue weighted by Gasteiger charge is -2.07. The molecule has 2 unspecified atom stereocenters. The van der Waals surface area contributed by atoms with Crippen molar-refractivity contribution < 1.29 is 0 Å². The van der Waals surface area contributed by atoms with Crippen LogP contribution in [0.15, 0.2) is 0 Å². The Balaban J connectivity index is 2.04. The second kappa shape index (κ2) is 3.38. The number of nitrogens with zero attached hydrogens (tertiary/aromatic N) is 1. The average molecular weight is 141 g/mol. The zero-order valence-electron chi connectivity index (χ0n) is 7.43. The van der Waals surface area contributed by atoms with Gasteiger partial charge in [0.05, 0.1) is 0 Å². The highest BCUT2D eigenvalue weighted by atomic mass is 15.3. The van der Waals surface area contributed by atoms with Gasteiger partial charge >= 0.3 is 0 Å².